The van der Waals surface area contributed by atoms with Crippen LogP contribution in [0.25, 0.3) is 0 Å². The lowest BCUT2D eigenvalue weighted by molar-refractivity contribution is 0.0617. The standard InChI is InChI=1S/C25H26N2O3/c1-18(2)27-24(26-23-11-7-6-10-22(23)25(27)28)19-12-14-21(15-13-19)30-17-16-29-20-8-4-3-5-9-20/h3-15,18,24,26H,16-17H2,1-2H3. The second-order valence-electron chi connectivity index (χ2n) is 7.48. The summed E-state index contributed by atoms with van der Waals surface area (Å²) in [6.45, 7) is 5.00. The first-order chi connectivity index (χ1) is 14.6. The lowest BCUT2D eigenvalue weighted by Crippen LogP contribution is -2.46. The number of nitrogens with zero attached hydrogens (tertiary/aromatic N) is 1. The van der Waals surface area contributed by atoms with Crippen molar-refractivity contribution in [3.8, 4) is 11.5 Å². The van der Waals surface area contributed by atoms with E-state index < -0.39 is 0 Å². The van der Waals surface area contributed by atoms with Gasteiger partial charge < -0.3 is 19.7 Å². The van der Waals surface area contributed by atoms with E-state index in [1.807, 2.05) is 97.6 Å². The van der Waals surface area contributed by atoms with Crippen LogP contribution in [0.3, 0.4) is 0 Å². The summed E-state index contributed by atoms with van der Waals surface area (Å²) in [5.74, 6) is 1.65. The van der Waals surface area contributed by atoms with Crippen molar-refractivity contribution in [1.82, 2.24) is 4.90 Å². The minimum absolute atomic E-state index is 0.0442. The molecule has 3 aromatic rings. The molecule has 1 heterocycles. The molecule has 5 nitrogen and oxygen atoms in total. The Morgan fingerprint density at radius 3 is 2.10 bits per heavy atom. The number of carbonyl (C=O) groups excluding carboxylic acids is 1. The third kappa shape index (κ3) is 4.25. The van der Waals surface area contributed by atoms with Gasteiger partial charge >= 0.3 is 0 Å². The van der Waals surface area contributed by atoms with E-state index in [1.165, 1.54) is 0 Å². The first-order valence-electron chi connectivity index (χ1n) is 10.2. The highest BCUT2D eigenvalue weighted by Crippen LogP contribution is 2.34. The van der Waals surface area contributed by atoms with Crippen LogP contribution in [0.2, 0.25) is 0 Å². The molecule has 0 saturated carbocycles. The predicted octanol–water partition coefficient (Wildman–Crippen LogP) is 5.12. The zero-order valence-electron chi connectivity index (χ0n) is 17.2. The van der Waals surface area contributed by atoms with Crippen LogP contribution in [0.5, 0.6) is 11.5 Å². The van der Waals surface area contributed by atoms with Crippen molar-refractivity contribution >= 4 is 11.6 Å². The smallest absolute Gasteiger partial charge is 0.258 e. The molecule has 1 aliphatic rings. The van der Waals surface area contributed by atoms with Gasteiger partial charge in [-0.05, 0) is 55.8 Å². The fourth-order valence-electron chi connectivity index (χ4n) is 3.63. The monoisotopic (exact) mass is 402 g/mol. The van der Waals surface area contributed by atoms with E-state index in [-0.39, 0.29) is 18.1 Å². The van der Waals surface area contributed by atoms with Crippen molar-refractivity contribution in [3.05, 3.63) is 90.0 Å². The molecule has 1 aliphatic heterocycles. The average Bonchev–Trinajstić information content (AvgIpc) is 2.77. The van der Waals surface area contributed by atoms with Crippen LogP contribution in [-0.4, -0.2) is 30.1 Å². The average molecular weight is 402 g/mol. The van der Waals surface area contributed by atoms with Gasteiger partial charge in [-0.3, -0.25) is 4.79 Å². The summed E-state index contributed by atoms with van der Waals surface area (Å²) >= 11 is 0. The summed E-state index contributed by atoms with van der Waals surface area (Å²) in [6.07, 6.45) is -0.220. The number of hydrogen-bond acceptors (Lipinski definition) is 4. The molecule has 5 heteroatoms. The number of nitrogens with one attached hydrogen (secondary N) is 1. The minimum Gasteiger partial charge on any atom is -0.490 e. The molecular formula is C25H26N2O3. The highest BCUT2D eigenvalue weighted by Gasteiger charge is 2.34. The highest BCUT2D eigenvalue weighted by atomic mass is 16.5. The van der Waals surface area contributed by atoms with E-state index in [0.29, 0.717) is 18.8 Å². The van der Waals surface area contributed by atoms with Gasteiger partial charge in [0.15, 0.2) is 0 Å². The molecule has 30 heavy (non-hydrogen) atoms. The number of fused-ring (bicyclic) bond motifs is 1. The van der Waals surface area contributed by atoms with Gasteiger partial charge in [0.05, 0.1) is 5.56 Å². The Morgan fingerprint density at radius 2 is 1.43 bits per heavy atom. The molecule has 4 rings (SSSR count). The topological polar surface area (TPSA) is 50.8 Å². The normalized spacial score (nSPS) is 15.5. The van der Waals surface area contributed by atoms with Crippen LogP contribution in [0.15, 0.2) is 78.9 Å². The Bertz CT molecular complexity index is 987. The van der Waals surface area contributed by atoms with E-state index in [4.69, 9.17) is 9.47 Å². The summed E-state index contributed by atoms with van der Waals surface area (Å²) in [7, 11) is 0. The van der Waals surface area contributed by atoms with Crippen molar-refractivity contribution < 1.29 is 14.3 Å². The second kappa shape index (κ2) is 8.91. The molecule has 0 radical (unpaired) electrons. The van der Waals surface area contributed by atoms with Gasteiger partial charge in [-0.25, -0.2) is 0 Å². The summed E-state index contributed by atoms with van der Waals surface area (Å²) in [6, 6.07) is 25.3. The van der Waals surface area contributed by atoms with Gasteiger partial charge in [0.2, 0.25) is 0 Å². The number of amides is 1. The molecule has 3 aromatic carbocycles. The van der Waals surface area contributed by atoms with Crippen LogP contribution in [0.4, 0.5) is 5.69 Å². The number of rotatable bonds is 7. The van der Waals surface area contributed by atoms with E-state index in [2.05, 4.69) is 5.32 Å². The molecule has 0 bridgehead atoms. The van der Waals surface area contributed by atoms with Gasteiger partial charge in [-0.2, -0.15) is 0 Å². The first-order valence-corrected chi connectivity index (χ1v) is 10.2. The van der Waals surface area contributed by atoms with Gasteiger partial charge in [0, 0.05) is 11.7 Å². The zero-order valence-corrected chi connectivity index (χ0v) is 17.2. The molecule has 1 N–H and O–H groups in total. The molecule has 154 valence electrons. The second-order valence-corrected chi connectivity index (χ2v) is 7.48. The summed E-state index contributed by atoms with van der Waals surface area (Å²) in [5.41, 5.74) is 2.59. The van der Waals surface area contributed by atoms with Crippen molar-refractivity contribution in [1.29, 1.82) is 0 Å². The number of carbonyl (C=O) groups is 1. The largest absolute Gasteiger partial charge is 0.490 e. The van der Waals surface area contributed by atoms with Crippen molar-refractivity contribution in [2.24, 2.45) is 0 Å². The molecule has 0 aromatic heterocycles. The van der Waals surface area contributed by atoms with E-state index >= 15 is 0 Å². The maximum absolute atomic E-state index is 13.0. The van der Waals surface area contributed by atoms with Crippen LogP contribution in [0, 0.1) is 0 Å². The highest BCUT2D eigenvalue weighted by molar-refractivity contribution is 6.01. The number of hydrogen-bond donors (Lipinski definition) is 1. The third-order valence-electron chi connectivity index (χ3n) is 5.08. The first kappa shape index (κ1) is 19.8. The Balaban J connectivity index is 1.42. The van der Waals surface area contributed by atoms with Gasteiger partial charge in [0.25, 0.3) is 5.91 Å². The fourth-order valence-corrected chi connectivity index (χ4v) is 3.63. The van der Waals surface area contributed by atoms with E-state index in [0.717, 1.165) is 22.7 Å². The Kier molecular flexibility index (Phi) is 5.89. The number of para-hydroxylation sites is 2. The molecule has 0 fully saturated rings. The Labute approximate surface area is 177 Å². The Morgan fingerprint density at radius 1 is 0.833 bits per heavy atom. The number of ether oxygens (including phenoxy) is 2. The van der Waals surface area contributed by atoms with Gasteiger partial charge in [0.1, 0.15) is 30.9 Å². The van der Waals surface area contributed by atoms with Crippen molar-refractivity contribution in [2.75, 3.05) is 18.5 Å². The summed E-state index contributed by atoms with van der Waals surface area (Å²) in [4.78, 5) is 14.9. The predicted molar refractivity (Wildman–Crippen MR) is 118 cm³/mol. The molecule has 0 saturated heterocycles. The molecule has 1 unspecified atom stereocenters. The molecular weight excluding hydrogens is 376 g/mol. The molecule has 1 atom stereocenters. The van der Waals surface area contributed by atoms with Crippen LogP contribution >= 0.6 is 0 Å². The lowest BCUT2D eigenvalue weighted by Gasteiger charge is -2.40. The van der Waals surface area contributed by atoms with E-state index in [1.54, 1.807) is 0 Å². The molecule has 0 spiro atoms. The maximum Gasteiger partial charge on any atom is 0.258 e. The molecule has 0 aliphatic carbocycles. The quantitative estimate of drug-likeness (QED) is 0.558. The number of benzene rings is 3. The van der Waals surface area contributed by atoms with Crippen LogP contribution in [-0.2, 0) is 0 Å². The number of anilines is 1. The minimum atomic E-state index is -0.220. The fraction of sp³-hybridized carbons (Fsp3) is 0.240. The SMILES string of the molecule is CC(C)N1C(=O)c2ccccc2NC1c1ccc(OCCOc2ccccc2)cc1. The maximum atomic E-state index is 13.0. The third-order valence-corrected chi connectivity index (χ3v) is 5.08. The lowest BCUT2D eigenvalue weighted by atomic mass is 10.0. The molecule has 1 amide bonds. The Hall–Kier alpha value is -3.47. The summed E-state index contributed by atoms with van der Waals surface area (Å²) < 4.78 is 11.4. The zero-order chi connectivity index (χ0) is 20.9. The summed E-state index contributed by atoms with van der Waals surface area (Å²) in [5, 5.41) is 3.51. The van der Waals surface area contributed by atoms with Crippen LogP contribution < -0.4 is 14.8 Å². The van der Waals surface area contributed by atoms with Crippen molar-refractivity contribution in [3.63, 3.8) is 0 Å². The van der Waals surface area contributed by atoms with E-state index in [9.17, 15) is 4.79 Å². The van der Waals surface area contributed by atoms with Gasteiger partial charge in [-0.15, -0.1) is 0 Å². The van der Waals surface area contributed by atoms with Gasteiger partial charge in [-0.1, -0.05) is 42.5 Å². The van der Waals surface area contributed by atoms with Crippen molar-refractivity contribution in [2.45, 2.75) is 26.1 Å². The van der Waals surface area contributed by atoms with Crippen LogP contribution in [0.1, 0.15) is 35.9 Å².